The van der Waals surface area contributed by atoms with Crippen LogP contribution in [0.5, 0.6) is 0 Å². The maximum absolute atomic E-state index is 12.7. The molecule has 146 valence electrons. The van der Waals surface area contributed by atoms with Crippen LogP contribution in [-0.2, 0) is 16.1 Å². The lowest BCUT2D eigenvalue weighted by molar-refractivity contribution is -0.137. The third-order valence-corrected chi connectivity index (χ3v) is 5.16. The zero-order valence-electron chi connectivity index (χ0n) is 15.6. The standard InChI is InChI=1S/C20H22N4O4/c1-13-17(11-21-24(13)16-5-8-28-9-6-16)20(27)22-15-2-3-18-14(10-15)4-7-23(18)12-19(25)26/h2-4,7,10-11,16H,5-6,8-9,12H2,1H3,(H,22,27)(H,25,26). The first kappa shape index (κ1) is 18.2. The van der Waals surface area contributed by atoms with Crippen LogP contribution in [0.4, 0.5) is 5.69 Å². The molecular formula is C20H22N4O4. The topological polar surface area (TPSA) is 98.4 Å². The predicted octanol–water partition coefficient (Wildman–Crippen LogP) is 2.83. The molecular weight excluding hydrogens is 360 g/mol. The number of anilines is 1. The summed E-state index contributed by atoms with van der Waals surface area (Å²) in [6.07, 6.45) is 5.13. The second-order valence-electron chi connectivity index (χ2n) is 7.00. The number of carboxylic acid groups (broad SMARTS) is 1. The molecule has 2 N–H and O–H groups in total. The molecule has 3 heterocycles. The number of aliphatic carboxylic acids is 1. The molecule has 28 heavy (non-hydrogen) atoms. The van der Waals surface area contributed by atoms with Crippen molar-refractivity contribution in [2.75, 3.05) is 18.5 Å². The third-order valence-electron chi connectivity index (χ3n) is 5.16. The summed E-state index contributed by atoms with van der Waals surface area (Å²) in [5, 5.41) is 17.2. The molecule has 4 rings (SSSR count). The summed E-state index contributed by atoms with van der Waals surface area (Å²) >= 11 is 0. The number of carbonyl (C=O) groups is 2. The molecule has 0 radical (unpaired) electrons. The second-order valence-corrected chi connectivity index (χ2v) is 7.00. The number of nitrogens with zero attached hydrogens (tertiary/aromatic N) is 3. The zero-order valence-corrected chi connectivity index (χ0v) is 15.6. The van der Waals surface area contributed by atoms with Gasteiger partial charge in [0, 0.05) is 41.7 Å². The maximum atomic E-state index is 12.7. The Morgan fingerprint density at radius 1 is 1.29 bits per heavy atom. The Morgan fingerprint density at radius 2 is 2.07 bits per heavy atom. The molecule has 0 bridgehead atoms. The Kier molecular flexibility index (Phi) is 4.87. The van der Waals surface area contributed by atoms with Crippen LogP contribution >= 0.6 is 0 Å². The summed E-state index contributed by atoms with van der Waals surface area (Å²) in [4.78, 5) is 23.7. The van der Waals surface area contributed by atoms with Crippen LogP contribution in [0.15, 0.2) is 36.7 Å². The highest BCUT2D eigenvalue weighted by Crippen LogP contribution is 2.25. The average Bonchev–Trinajstić information content (AvgIpc) is 3.25. The van der Waals surface area contributed by atoms with Gasteiger partial charge >= 0.3 is 5.97 Å². The number of fused-ring (bicyclic) bond motifs is 1. The maximum Gasteiger partial charge on any atom is 0.323 e. The first-order valence-corrected chi connectivity index (χ1v) is 9.27. The molecule has 1 amide bonds. The van der Waals surface area contributed by atoms with Crippen LogP contribution < -0.4 is 5.32 Å². The monoisotopic (exact) mass is 382 g/mol. The first-order valence-electron chi connectivity index (χ1n) is 9.27. The molecule has 3 aromatic rings. The largest absolute Gasteiger partial charge is 0.480 e. The Bertz CT molecular complexity index is 1030. The van der Waals surface area contributed by atoms with Crippen molar-refractivity contribution in [1.82, 2.24) is 14.3 Å². The number of hydrogen-bond acceptors (Lipinski definition) is 4. The van der Waals surface area contributed by atoms with E-state index in [9.17, 15) is 9.59 Å². The second kappa shape index (κ2) is 7.47. The van der Waals surface area contributed by atoms with Crippen molar-refractivity contribution in [2.45, 2.75) is 32.4 Å². The first-order chi connectivity index (χ1) is 13.5. The molecule has 8 nitrogen and oxygen atoms in total. The number of amides is 1. The number of carbonyl (C=O) groups excluding carboxylic acids is 1. The Balaban J connectivity index is 1.52. The highest BCUT2D eigenvalue weighted by molar-refractivity contribution is 6.05. The van der Waals surface area contributed by atoms with Crippen LogP contribution in [-0.4, -0.2) is 44.5 Å². The molecule has 1 fully saturated rings. The van der Waals surface area contributed by atoms with E-state index < -0.39 is 5.97 Å². The van der Waals surface area contributed by atoms with Gasteiger partial charge in [-0.25, -0.2) is 0 Å². The van der Waals surface area contributed by atoms with E-state index >= 15 is 0 Å². The molecule has 8 heteroatoms. The van der Waals surface area contributed by atoms with Crippen LogP contribution in [0.1, 0.15) is 34.9 Å². The van der Waals surface area contributed by atoms with Gasteiger partial charge in [0.25, 0.3) is 5.91 Å². The van der Waals surface area contributed by atoms with Crippen LogP contribution in [0.25, 0.3) is 10.9 Å². The third kappa shape index (κ3) is 3.50. The SMILES string of the molecule is Cc1c(C(=O)Nc2ccc3c(ccn3CC(=O)O)c2)cnn1C1CCOCC1. The number of aromatic nitrogens is 3. The van der Waals surface area contributed by atoms with Gasteiger partial charge in [0.2, 0.25) is 0 Å². The lowest BCUT2D eigenvalue weighted by atomic mass is 10.1. The van der Waals surface area contributed by atoms with E-state index in [1.807, 2.05) is 29.8 Å². The van der Waals surface area contributed by atoms with Crippen molar-refractivity contribution in [1.29, 1.82) is 0 Å². The fraction of sp³-hybridized carbons (Fsp3) is 0.350. The van der Waals surface area contributed by atoms with Crippen molar-refractivity contribution in [3.05, 3.63) is 47.9 Å². The summed E-state index contributed by atoms with van der Waals surface area (Å²) in [5.41, 5.74) is 2.86. The summed E-state index contributed by atoms with van der Waals surface area (Å²) in [5.74, 6) is -1.10. The lowest BCUT2D eigenvalue weighted by Crippen LogP contribution is -2.22. The number of benzene rings is 1. The molecule has 0 atom stereocenters. The highest BCUT2D eigenvalue weighted by Gasteiger charge is 2.22. The van der Waals surface area contributed by atoms with Crippen molar-refractivity contribution in [3.63, 3.8) is 0 Å². The molecule has 1 saturated heterocycles. The predicted molar refractivity (Wildman–Crippen MR) is 104 cm³/mol. The van der Waals surface area contributed by atoms with Crippen LogP contribution in [0.2, 0.25) is 0 Å². The summed E-state index contributed by atoms with van der Waals surface area (Å²) in [6, 6.07) is 7.52. The van der Waals surface area contributed by atoms with Crippen LogP contribution in [0.3, 0.4) is 0 Å². The number of hydrogen-bond donors (Lipinski definition) is 2. The lowest BCUT2D eigenvalue weighted by Gasteiger charge is -2.23. The fourth-order valence-electron chi connectivity index (χ4n) is 3.70. The van der Waals surface area contributed by atoms with Gasteiger partial charge in [0.05, 0.1) is 17.8 Å². The smallest absolute Gasteiger partial charge is 0.323 e. The van der Waals surface area contributed by atoms with E-state index in [0.29, 0.717) is 24.5 Å². The molecule has 0 unspecified atom stereocenters. The summed E-state index contributed by atoms with van der Waals surface area (Å²) in [7, 11) is 0. The quantitative estimate of drug-likeness (QED) is 0.707. The summed E-state index contributed by atoms with van der Waals surface area (Å²) in [6.45, 7) is 3.24. The average molecular weight is 382 g/mol. The molecule has 0 aliphatic carbocycles. The minimum Gasteiger partial charge on any atom is -0.480 e. The minimum absolute atomic E-state index is 0.0974. The minimum atomic E-state index is -0.896. The van der Waals surface area contributed by atoms with Gasteiger partial charge in [-0.15, -0.1) is 0 Å². The number of ether oxygens (including phenoxy) is 1. The normalized spacial score (nSPS) is 15.0. The zero-order chi connectivity index (χ0) is 19.7. The van der Waals surface area contributed by atoms with E-state index in [1.165, 1.54) is 0 Å². The highest BCUT2D eigenvalue weighted by atomic mass is 16.5. The Hall–Kier alpha value is -3.13. The van der Waals surface area contributed by atoms with E-state index in [2.05, 4.69) is 10.4 Å². The van der Waals surface area contributed by atoms with E-state index in [0.717, 1.165) is 29.4 Å². The van der Waals surface area contributed by atoms with Gasteiger partial charge in [0.1, 0.15) is 6.54 Å². The van der Waals surface area contributed by atoms with Gasteiger partial charge in [0.15, 0.2) is 0 Å². The Labute approximate surface area is 161 Å². The van der Waals surface area contributed by atoms with Gasteiger partial charge in [-0.05, 0) is 44.0 Å². The van der Waals surface area contributed by atoms with Crippen molar-refractivity contribution < 1.29 is 19.4 Å². The van der Waals surface area contributed by atoms with Gasteiger partial charge in [-0.1, -0.05) is 0 Å². The fourth-order valence-corrected chi connectivity index (χ4v) is 3.70. The molecule has 0 spiro atoms. The number of carboxylic acids is 1. The molecule has 1 aromatic carbocycles. The molecule has 0 saturated carbocycles. The van der Waals surface area contributed by atoms with Crippen molar-refractivity contribution in [3.8, 4) is 0 Å². The molecule has 2 aromatic heterocycles. The van der Waals surface area contributed by atoms with E-state index in [-0.39, 0.29) is 18.5 Å². The van der Waals surface area contributed by atoms with Crippen molar-refractivity contribution >= 4 is 28.5 Å². The van der Waals surface area contributed by atoms with Gasteiger partial charge in [-0.3, -0.25) is 14.3 Å². The molecule has 1 aliphatic rings. The van der Waals surface area contributed by atoms with Gasteiger partial charge in [-0.2, -0.15) is 5.10 Å². The van der Waals surface area contributed by atoms with E-state index in [4.69, 9.17) is 9.84 Å². The Morgan fingerprint density at radius 3 is 2.82 bits per heavy atom. The summed E-state index contributed by atoms with van der Waals surface area (Å²) < 4.78 is 8.98. The van der Waals surface area contributed by atoms with Crippen molar-refractivity contribution in [2.24, 2.45) is 0 Å². The van der Waals surface area contributed by atoms with E-state index in [1.54, 1.807) is 23.0 Å². The van der Waals surface area contributed by atoms with Crippen LogP contribution in [0, 0.1) is 6.92 Å². The van der Waals surface area contributed by atoms with Gasteiger partial charge < -0.3 is 19.7 Å². The number of nitrogens with one attached hydrogen (secondary N) is 1. The molecule has 1 aliphatic heterocycles. The number of rotatable bonds is 5.